The Balaban J connectivity index is 0.000000300. The van der Waals surface area contributed by atoms with Crippen LogP contribution >= 0.6 is 15.2 Å². The van der Waals surface area contributed by atoms with E-state index in [1.54, 1.807) is 0 Å². The summed E-state index contributed by atoms with van der Waals surface area (Å²) >= 11 is 0. The van der Waals surface area contributed by atoms with Crippen molar-refractivity contribution in [3.8, 4) is 0 Å². The fourth-order valence-corrected chi connectivity index (χ4v) is 5.06. The number of nitrogens with two attached hydrogens (primary N) is 2. The summed E-state index contributed by atoms with van der Waals surface area (Å²) in [6.07, 6.45) is 3.48. The maximum Gasteiger partial charge on any atom is 0.325 e. The number of hydrogen-bond donors (Lipinski definition) is 8. The van der Waals surface area contributed by atoms with Gasteiger partial charge in [-0.3, -0.25) is 18.7 Å². The van der Waals surface area contributed by atoms with E-state index in [9.17, 15) is 18.7 Å². The molecule has 30 heavy (non-hydrogen) atoms. The summed E-state index contributed by atoms with van der Waals surface area (Å²) < 4.78 is 21.1. The van der Waals surface area contributed by atoms with Gasteiger partial charge in [-0.25, -0.2) is 0 Å². The van der Waals surface area contributed by atoms with Crippen molar-refractivity contribution in [2.24, 2.45) is 23.3 Å². The molecule has 12 nitrogen and oxygen atoms in total. The maximum atomic E-state index is 10.6. The van der Waals surface area contributed by atoms with Gasteiger partial charge >= 0.3 is 27.1 Å². The van der Waals surface area contributed by atoms with Gasteiger partial charge in [0.2, 0.25) is 0 Å². The molecule has 0 aliphatic heterocycles. The van der Waals surface area contributed by atoms with Crippen molar-refractivity contribution in [2.45, 2.75) is 62.4 Å². The number of hydrogen-bond acceptors (Lipinski definition) is 6. The smallest absolute Gasteiger partial charge is 0.325 e. The predicted molar refractivity (Wildman–Crippen MR) is 107 cm³/mol. The summed E-state index contributed by atoms with van der Waals surface area (Å²) in [5.74, 6) is -1.60. The Labute approximate surface area is 174 Å². The summed E-state index contributed by atoms with van der Waals surface area (Å²) in [7, 11) is -7.81. The highest BCUT2D eigenvalue weighted by Gasteiger charge is 2.47. The van der Waals surface area contributed by atoms with Crippen LogP contribution in [0, 0.1) is 11.8 Å². The van der Waals surface area contributed by atoms with Gasteiger partial charge in [-0.1, -0.05) is 0 Å². The summed E-state index contributed by atoms with van der Waals surface area (Å²) in [5.41, 5.74) is 8.87. The second-order valence-electron chi connectivity index (χ2n) is 8.53. The van der Waals surface area contributed by atoms with Gasteiger partial charge in [0.25, 0.3) is 0 Å². The molecule has 0 radical (unpaired) electrons. The van der Waals surface area contributed by atoms with Crippen molar-refractivity contribution in [2.75, 3.05) is 12.3 Å². The molecule has 2 aliphatic rings. The molecule has 2 rings (SSSR count). The summed E-state index contributed by atoms with van der Waals surface area (Å²) in [4.78, 5) is 55.7. The third-order valence-electron chi connectivity index (χ3n) is 5.59. The third kappa shape index (κ3) is 9.11. The fraction of sp³-hybridized carbons (Fsp3) is 0.875. The van der Waals surface area contributed by atoms with Crippen molar-refractivity contribution in [1.82, 2.24) is 0 Å². The molecule has 0 amide bonds. The Bertz CT molecular complexity index is 647. The molecule has 0 aromatic rings. The Morgan fingerprint density at radius 2 is 1.00 bits per heavy atom. The summed E-state index contributed by atoms with van der Waals surface area (Å²) in [5, 5.41) is 17.4. The van der Waals surface area contributed by atoms with Crippen LogP contribution < -0.4 is 11.5 Å². The van der Waals surface area contributed by atoms with E-state index in [4.69, 9.17) is 41.3 Å². The summed E-state index contributed by atoms with van der Waals surface area (Å²) in [6.45, 7) is 0. The molecular weight excluding hydrogens is 442 g/mol. The van der Waals surface area contributed by atoms with Crippen molar-refractivity contribution in [1.29, 1.82) is 0 Å². The van der Waals surface area contributed by atoms with Crippen molar-refractivity contribution in [3.63, 3.8) is 0 Å². The SMILES string of the molecule is NC1(C(=O)O)CC(CCCP(=O)(O)O)C1.NC1(C(=O)O)CC(CCCP(=O)(O)O)C1. The van der Waals surface area contributed by atoms with Crippen LogP contribution in [0.3, 0.4) is 0 Å². The second kappa shape index (κ2) is 10.2. The molecule has 0 heterocycles. The number of aliphatic carboxylic acids is 2. The van der Waals surface area contributed by atoms with Crippen LogP contribution in [0.1, 0.15) is 51.4 Å². The zero-order valence-electron chi connectivity index (χ0n) is 16.6. The van der Waals surface area contributed by atoms with Gasteiger partial charge in [0.15, 0.2) is 0 Å². The molecule has 2 fully saturated rings. The molecule has 0 aromatic heterocycles. The Kier molecular flexibility index (Phi) is 9.23. The lowest BCUT2D eigenvalue weighted by Gasteiger charge is -2.41. The standard InChI is InChI=1S/2C8H16NO5P/c2*9-8(7(10)11)4-6(5-8)2-1-3-15(12,13)14/h2*6H,1-5,9H2,(H,10,11)(H2,12,13,14). The van der Waals surface area contributed by atoms with Crippen LogP contribution in [0.4, 0.5) is 0 Å². The lowest BCUT2D eigenvalue weighted by Crippen LogP contribution is -2.57. The van der Waals surface area contributed by atoms with Crippen molar-refractivity contribution < 1.29 is 48.5 Å². The van der Waals surface area contributed by atoms with Gasteiger partial charge in [-0.05, 0) is 63.2 Å². The first-order valence-corrected chi connectivity index (χ1v) is 13.2. The topological polar surface area (TPSA) is 242 Å². The van der Waals surface area contributed by atoms with Crippen molar-refractivity contribution >= 4 is 27.1 Å². The average molecular weight is 474 g/mol. The molecule has 0 atom stereocenters. The lowest BCUT2D eigenvalue weighted by molar-refractivity contribution is -0.149. The first kappa shape index (κ1) is 27.2. The minimum atomic E-state index is -3.91. The van der Waals surface area contributed by atoms with E-state index in [0.29, 0.717) is 51.4 Å². The average Bonchev–Trinajstić information content (AvgIpc) is 2.49. The second-order valence-corrected chi connectivity index (χ2v) is 12.1. The molecule has 2 saturated carbocycles. The van der Waals surface area contributed by atoms with Gasteiger partial charge in [0.05, 0.1) is 0 Å². The predicted octanol–water partition coefficient (Wildman–Crippen LogP) is 0.273. The number of rotatable bonds is 10. The molecule has 2 aliphatic carbocycles. The quantitative estimate of drug-likeness (QED) is 0.199. The normalized spacial score (nSPS) is 31.0. The van der Waals surface area contributed by atoms with E-state index >= 15 is 0 Å². The molecule has 0 saturated heterocycles. The van der Waals surface area contributed by atoms with Crippen LogP contribution in [0.15, 0.2) is 0 Å². The molecule has 0 bridgehead atoms. The number of carbonyl (C=O) groups is 2. The Hall–Kier alpha value is -0.840. The molecular formula is C16H32N2O10P2. The van der Waals surface area contributed by atoms with E-state index in [1.807, 2.05) is 0 Å². The highest BCUT2D eigenvalue weighted by atomic mass is 31.2. The first-order valence-electron chi connectivity index (χ1n) is 9.59. The number of carboxylic acid groups (broad SMARTS) is 2. The van der Waals surface area contributed by atoms with Crippen LogP contribution in [0.25, 0.3) is 0 Å². The van der Waals surface area contributed by atoms with E-state index in [0.717, 1.165) is 0 Å². The van der Waals surface area contributed by atoms with Gasteiger partial charge in [0, 0.05) is 12.3 Å². The molecule has 0 unspecified atom stereocenters. The molecule has 176 valence electrons. The Morgan fingerprint density at radius 1 is 0.733 bits per heavy atom. The van der Waals surface area contributed by atoms with E-state index in [1.165, 1.54) is 0 Å². The molecule has 0 spiro atoms. The van der Waals surface area contributed by atoms with Crippen LogP contribution in [0.2, 0.25) is 0 Å². The number of carboxylic acids is 2. The maximum absolute atomic E-state index is 10.6. The van der Waals surface area contributed by atoms with E-state index in [2.05, 4.69) is 0 Å². The highest BCUT2D eigenvalue weighted by molar-refractivity contribution is 7.52. The van der Waals surface area contributed by atoms with Crippen LogP contribution in [-0.4, -0.2) is 65.1 Å². The van der Waals surface area contributed by atoms with Gasteiger partial charge in [-0.2, -0.15) is 0 Å². The third-order valence-corrected chi connectivity index (χ3v) is 7.38. The van der Waals surface area contributed by atoms with E-state index in [-0.39, 0.29) is 24.2 Å². The van der Waals surface area contributed by atoms with Gasteiger partial charge in [0.1, 0.15) is 11.1 Å². The zero-order valence-corrected chi connectivity index (χ0v) is 18.4. The van der Waals surface area contributed by atoms with E-state index < -0.39 is 38.2 Å². The lowest BCUT2D eigenvalue weighted by atomic mass is 9.67. The minimum absolute atomic E-state index is 0.131. The van der Waals surface area contributed by atoms with Gasteiger partial charge in [-0.15, -0.1) is 0 Å². The Morgan fingerprint density at radius 3 is 1.20 bits per heavy atom. The van der Waals surface area contributed by atoms with Gasteiger partial charge < -0.3 is 41.3 Å². The van der Waals surface area contributed by atoms with Crippen molar-refractivity contribution in [3.05, 3.63) is 0 Å². The first-order chi connectivity index (χ1) is 13.5. The fourth-order valence-electron chi connectivity index (χ4n) is 3.87. The van der Waals surface area contributed by atoms with Crippen LogP contribution in [0.5, 0.6) is 0 Å². The summed E-state index contributed by atoms with van der Waals surface area (Å²) in [6, 6.07) is 0. The van der Waals surface area contributed by atoms with Crippen LogP contribution in [-0.2, 0) is 18.7 Å². The molecule has 0 aromatic carbocycles. The molecule has 14 heteroatoms. The largest absolute Gasteiger partial charge is 0.480 e. The monoisotopic (exact) mass is 474 g/mol. The molecule has 10 N–H and O–H groups in total. The minimum Gasteiger partial charge on any atom is -0.480 e. The zero-order chi connectivity index (χ0) is 23.4. The highest BCUT2D eigenvalue weighted by Crippen LogP contribution is 2.42.